The summed E-state index contributed by atoms with van der Waals surface area (Å²) in [5.74, 6) is 2.03. The first kappa shape index (κ1) is 55.8. The Hall–Kier alpha value is -1.18. The van der Waals surface area contributed by atoms with Gasteiger partial charge in [0.15, 0.2) is 0 Å². The van der Waals surface area contributed by atoms with Gasteiger partial charge in [0.25, 0.3) is 0 Å². The van der Waals surface area contributed by atoms with Crippen molar-refractivity contribution in [3.63, 3.8) is 0 Å². The van der Waals surface area contributed by atoms with Crippen molar-refractivity contribution in [3.8, 4) is 11.5 Å². The van der Waals surface area contributed by atoms with E-state index in [-0.39, 0.29) is 0 Å². The molecule has 0 saturated heterocycles. The maximum Gasteiger partial charge on any atom is 0.126 e. The number of hydrogen-bond donors (Lipinski definition) is 0. The molecular weight excluding hydrogens is 717 g/mol. The molecule has 0 unspecified atom stereocenters. The van der Waals surface area contributed by atoms with Gasteiger partial charge in [0.1, 0.15) is 11.5 Å². The molecule has 0 aliphatic heterocycles. The van der Waals surface area contributed by atoms with Gasteiger partial charge >= 0.3 is 0 Å². The average molecular weight is 824 g/mol. The Bertz CT molecular complexity index is 857. The van der Waals surface area contributed by atoms with Crippen LogP contribution in [0.2, 0.25) is 0 Å². The van der Waals surface area contributed by atoms with Gasteiger partial charge in [-0.25, -0.2) is 0 Å². The van der Waals surface area contributed by atoms with Crippen LogP contribution in [0.1, 0.15) is 308 Å². The van der Waals surface area contributed by atoms with Crippen LogP contribution < -0.4 is 9.47 Å². The van der Waals surface area contributed by atoms with Gasteiger partial charge in [-0.2, -0.15) is 0 Å². The average Bonchev–Trinajstić information content (AvgIpc) is 3.25. The first-order chi connectivity index (χ1) is 29.3. The lowest BCUT2D eigenvalue weighted by atomic mass is 10.0. The molecule has 0 bridgehead atoms. The van der Waals surface area contributed by atoms with Crippen LogP contribution in [0.15, 0.2) is 18.2 Å². The van der Waals surface area contributed by atoms with Crippen molar-refractivity contribution in [2.45, 2.75) is 309 Å². The highest BCUT2D eigenvalue weighted by molar-refractivity contribution is 5.45. The van der Waals surface area contributed by atoms with Crippen molar-refractivity contribution in [2.75, 3.05) is 13.2 Å². The number of ether oxygens (including phenoxy) is 2. The number of hydrogen-bond acceptors (Lipinski definition) is 2. The minimum atomic E-state index is 0.812. The highest BCUT2D eigenvalue weighted by Gasteiger charge is 2.10. The summed E-state index contributed by atoms with van der Waals surface area (Å²) in [5, 5.41) is 0. The Morgan fingerprint density at radius 3 is 0.712 bits per heavy atom. The quantitative estimate of drug-likeness (QED) is 0.0610. The van der Waals surface area contributed by atoms with Crippen molar-refractivity contribution < 1.29 is 9.47 Å². The van der Waals surface area contributed by atoms with E-state index < -0.39 is 0 Å². The van der Waals surface area contributed by atoms with Crippen LogP contribution in [0.25, 0.3) is 0 Å². The Morgan fingerprint density at radius 1 is 0.305 bits per heavy atom. The van der Waals surface area contributed by atoms with Crippen LogP contribution in [0.4, 0.5) is 0 Å². The van der Waals surface area contributed by atoms with E-state index in [1.54, 1.807) is 0 Å². The monoisotopic (exact) mass is 824 g/mol. The van der Waals surface area contributed by atoms with E-state index in [9.17, 15) is 0 Å². The maximum atomic E-state index is 6.32. The molecule has 1 aromatic rings. The van der Waals surface area contributed by atoms with Crippen molar-refractivity contribution >= 4 is 0 Å². The van der Waals surface area contributed by atoms with Gasteiger partial charge in [-0.05, 0) is 37.8 Å². The highest BCUT2D eigenvalue weighted by Crippen LogP contribution is 2.30. The molecule has 2 nitrogen and oxygen atoms in total. The summed E-state index contributed by atoms with van der Waals surface area (Å²) < 4.78 is 12.6. The molecule has 0 saturated carbocycles. The lowest BCUT2D eigenvalue weighted by molar-refractivity contribution is 0.284. The van der Waals surface area contributed by atoms with Gasteiger partial charge in [0, 0.05) is 5.56 Å². The zero-order valence-electron chi connectivity index (χ0n) is 40.7. The van der Waals surface area contributed by atoms with Gasteiger partial charge < -0.3 is 9.47 Å². The molecule has 0 N–H and O–H groups in total. The van der Waals surface area contributed by atoms with Gasteiger partial charge in [-0.15, -0.1) is 0 Å². The van der Waals surface area contributed by atoms with Crippen LogP contribution in [-0.4, -0.2) is 13.2 Å². The largest absolute Gasteiger partial charge is 0.493 e. The summed E-state index contributed by atoms with van der Waals surface area (Å²) in [5.41, 5.74) is 1.22. The summed E-state index contributed by atoms with van der Waals surface area (Å²) in [6, 6.07) is 6.37. The zero-order valence-corrected chi connectivity index (χ0v) is 40.7. The fourth-order valence-electron chi connectivity index (χ4n) is 9.03. The van der Waals surface area contributed by atoms with Crippen molar-refractivity contribution in [1.82, 2.24) is 0 Å². The molecule has 0 aliphatic rings. The van der Waals surface area contributed by atoms with E-state index in [4.69, 9.17) is 9.47 Å². The van der Waals surface area contributed by atoms with Crippen LogP contribution >= 0.6 is 0 Å². The lowest BCUT2D eigenvalue weighted by Crippen LogP contribution is -2.04. The Morgan fingerprint density at radius 2 is 0.508 bits per heavy atom. The molecule has 1 radical (unpaired) electrons. The highest BCUT2D eigenvalue weighted by atomic mass is 16.5. The Kier molecular flexibility index (Phi) is 45.3. The second-order valence-electron chi connectivity index (χ2n) is 18.9. The van der Waals surface area contributed by atoms with Gasteiger partial charge in [0.05, 0.1) is 13.2 Å². The normalized spacial score (nSPS) is 11.5. The second kappa shape index (κ2) is 47.9. The molecule has 0 amide bonds. The molecule has 0 fully saturated rings. The van der Waals surface area contributed by atoms with Gasteiger partial charge in [0.2, 0.25) is 0 Å². The fraction of sp³-hybridized carbons (Fsp3) is 0.877. The fourth-order valence-corrected chi connectivity index (χ4v) is 9.03. The Labute approximate surface area is 372 Å². The minimum Gasteiger partial charge on any atom is -0.493 e. The van der Waals surface area contributed by atoms with Gasteiger partial charge in [-0.1, -0.05) is 297 Å². The van der Waals surface area contributed by atoms with E-state index in [0.29, 0.717) is 0 Å². The number of rotatable bonds is 50. The smallest absolute Gasteiger partial charge is 0.126 e. The first-order valence-corrected chi connectivity index (χ1v) is 27.5. The number of benzene rings is 1. The van der Waals surface area contributed by atoms with E-state index >= 15 is 0 Å². The molecule has 59 heavy (non-hydrogen) atoms. The first-order valence-electron chi connectivity index (χ1n) is 27.5. The third-order valence-electron chi connectivity index (χ3n) is 13.0. The third-order valence-corrected chi connectivity index (χ3v) is 13.0. The second-order valence-corrected chi connectivity index (χ2v) is 18.9. The van der Waals surface area contributed by atoms with Crippen LogP contribution in [0, 0.1) is 6.92 Å². The minimum absolute atomic E-state index is 0.812. The predicted molar refractivity (Wildman–Crippen MR) is 266 cm³/mol. The molecule has 2 heteroatoms. The molecule has 0 heterocycles. The molecule has 0 aromatic heterocycles. The predicted octanol–water partition coefficient (Wildman–Crippen LogP) is 20.4. The lowest BCUT2D eigenvalue weighted by Gasteiger charge is -2.16. The maximum absolute atomic E-state index is 6.32. The van der Waals surface area contributed by atoms with Crippen molar-refractivity contribution in [1.29, 1.82) is 0 Å². The van der Waals surface area contributed by atoms with E-state index in [2.05, 4.69) is 39.0 Å². The van der Waals surface area contributed by atoms with Crippen LogP contribution in [0.3, 0.4) is 0 Å². The molecule has 0 spiro atoms. The molecule has 1 aromatic carbocycles. The molecule has 347 valence electrons. The molecule has 1 rings (SSSR count). The standard InChI is InChI=1S/C57H107O2/c1-4-7-9-11-13-15-17-19-21-23-25-27-29-31-33-35-37-39-41-43-45-47-53-58-56-51-49-52-57(55(56)50-6-3)59-54-48-46-44-42-40-38-36-34-32-30-28-26-24-22-20-18-16-14-12-10-8-5-2/h49,51-52H,3-48,50,53-54H2,1-2H3. The third kappa shape index (κ3) is 39.4. The van der Waals surface area contributed by atoms with Crippen LogP contribution in [0.5, 0.6) is 11.5 Å². The topological polar surface area (TPSA) is 18.5 Å². The van der Waals surface area contributed by atoms with E-state index in [1.165, 1.54) is 275 Å². The van der Waals surface area contributed by atoms with Crippen molar-refractivity contribution in [2.24, 2.45) is 0 Å². The summed E-state index contributed by atoms with van der Waals surface area (Å²) in [6.45, 7) is 10.4. The van der Waals surface area contributed by atoms with Gasteiger partial charge in [-0.3, -0.25) is 0 Å². The molecule has 0 aliphatic carbocycles. The SMILES string of the molecule is [CH2]CCc1c(OCCCCCCCCCCCCCCCCCCCCCCCC)cccc1OCCCCCCCCCCCCCCCCCCCCCCCC. The summed E-state index contributed by atoms with van der Waals surface area (Å²) >= 11 is 0. The summed E-state index contributed by atoms with van der Waals surface area (Å²) in [4.78, 5) is 0. The van der Waals surface area contributed by atoms with Crippen molar-refractivity contribution in [3.05, 3.63) is 30.7 Å². The van der Waals surface area contributed by atoms with E-state index in [0.717, 1.165) is 50.4 Å². The van der Waals surface area contributed by atoms with Crippen LogP contribution in [-0.2, 0) is 6.42 Å². The summed E-state index contributed by atoms with van der Waals surface area (Å²) in [6.07, 6.45) is 64.3. The number of unbranched alkanes of at least 4 members (excludes halogenated alkanes) is 42. The zero-order chi connectivity index (χ0) is 42.2. The Balaban J connectivity index is 1.91. The van der Waals surface area contributed by atoms with E-state index in [1.807, 2.05) is 0 Å². The summed E-state index contributed by atoms with van der Waals surface area (Å²) in [7, 11) is 0. The molecular formula is C57H107O2. The molecule has 0 atom stereocenters.